The molecular weight excluding hydrogens is 334 g/mol. The fourth-order valence-electron chi connectivity index (χ4n) is 3.94. The third kappa shape index (κ3) is 3.52. The van der Waals surface area contributed by atoms with Crippen LogP contribution in [0.15, 0.2) is 60.7 Å². The Labute approximate surface area is 160 Å². The predicted molar refractivity (Wildman–Crippen MR) is 109 cm³/mol. The molecule has 138 valence electrons. The van der Waals surface area contributed by atoms with Gasteiger partial charge in [-0.2, -0.15) is 0 Å². The summed E-state index contributed by atoms with van der Waals surface area (Å²) < 4.78 is 2.26. The first-order chi connectivity index (χ1) is 13.3. The van der Waals surface area contributed by atoms with Crippen molar-refractivity contribution in [1.82, 2.24) is 14.5 Å². The van der Waals surface area contributed by atoms with Crippen molar-refractivity contribution < 1.29 is 4.79 Å². The SMILES string of the molecule is CCC(=O)N1CCC[C@@H]1c1nc2ccccc2n1C/C=C/c1ccccc1. The van der Waals surface area contributed by atoms with Crippen LogP contribution in [0.5, 0.6) is 0 Å². The molecule has 3 aromatic rings. The molecule has 4 rings (SSSR count). The molecule has 1 fully saturated rings. The highest BCUT2D eigenvalue weighted by atomic mass is 16.2. The maximum atomic E-state index is 12.4. The van der Waals surface area contributed by atoms with Crippen molar-refractivity contribution in [2.24, 2.45) is 0 Å². The van der Waals surface area contributed by atoms with Crippen molar-refractivity contribution in [3.8, 4) is 0 Å². The molecule has 27 heavy (non-hydrogen) atoms. The van der Waals surface area contributed by atoms with Gasteiger partial charge in [-0.15, -0.1) is 0 Å². The van der Waals surface area contributed by atoms with E-state index in [9.17, 15) is 4.79 Å². The summed E-state index contributed by atoms with van der Waals surface area (Å²) in [5.41, 5.74) is 3.31. The monoisotopic (exact) mass is 359 g/mol. The van der Waals surface area contributed by atoms with Crippen LogP contribution in [0.4, 0.5) is 0 Å². The third-order valence-corrected chi connectivity index (χ3v) is 5.26. The first-order valence-electron chi connectivity index (χ1n) is 9.74. The fourth-order valence-corrected chi connectivity index (χ4v) is 3.94. The second-order valence-electron chi connectivity index (χ2n) is 6.98. The maximum absolute atomic E-state index is 12.4. The molecule has 0 unspecified atom stereocenters. The highest BCUT2D eigenvalue weighted by Gasteiger charge is 2.32. The average molecular weight is 359 g/mol. The Hall–Kier alpha value is -2.88. The number of carbonyl (C=O) groups excluding carboxylic acids is 1. The minimum absolute atomic E-state index is 0.0787. The van der Waals surface area contributed by atoms with E-state index in [1.807, 2.05) is 36.1 Å². The van der Waals surface area contributed by atoms with Gasteiger partial charge in [-0.05, 0) is 30.5 Å². The molecule has 1 saturated heterocycles. The lowest BCUT2D eigenvalue weighted by molar-refractivity contribution is -0.131. The number of likely N-dealkylation sites (tertiary alicyclic amines) is 1. The zero-order valence-electron chi connectivity index (χ0n) is 15.7. The Bertz CT molecular complexity index is 958. The minimum Gasteiger partial charge on any atom is -0.333 e. The number of hydrogen-bond acceptors (Lipinski definition) is 2. The first kappa shape index (κ1) is 17.5. The second-order valence-corrected chi connectivity index (χ2v) is 6.98. The molecule has 0 radical (unpaired) electrons. The molecule has 4 heteroatoms. The molecule has 1 aliphatic rings. The molecule has 0 N–H and O–H groups in total. The molecule has 4 nitrogen and oxygen atoms in total. The highest BCUT2D eigenvalue weighted by Crippen LogP contribution is 2.33. The van der Waals surface area contributed by atoms with Gasteiger partial charge >= 0.3 is 0 Å². The Kier molecular flexibility index (Phi) is 5.05. The van der Waals surface area contributed by atoms with E-state index in [-0.39, 0.29) is 11.9 Å². The first-order valence-corrected chi connectivity index (χ1v) is 9.74. The fraction of sp³-hybridized carbons (Fsp3) is 0.304. The van der Waals surface area contributed by atoms with E-state index in [0.29, 0.717) is 6.42 Å². The lowest BCUT2D eigenvalue weighted by Crippen LogP contribution is -2.31. The van der Waals surface area contributed by atoms with Gasteiger partial charge in [0.25, 0.3) is 0 Å². The normalized spacial score (nSPS) is 17.2. The number of benzene rings is 2. The number of para-hydroxylation sites is 2. The largest absolute Gasteiger partial charge is 0.333 e. The van der Waals surface area contributed by atoms with Crippen molar-refractivity contribution >= 4 is 23.0 Å². The number of amides is 1. The van der Waals surface area contributed by atoms with Crippen molar-refractivity contribution in [3.63, 3.8) is 0 Å². The van der Waals surface area contributed by atoms with Crippen molar-refractivity contribution in [2.45, 2.75) is 38.8 Å². The number of aromatic nitrogens is 2. The van der Waals surface area contributed by atoms with Crippen LogP contribution in [0.2, 0.25) is 0 Å². The van der Waals surface area contributed by atoms with Crippen molar-refractivity contribution in [3.05, 3.63) is 72.1 Å². The average Bonchev–Trinajstić information content (AvgIpc) is 3.33. The van der Waals surface area contributed by atoms with E-state index in [2.05, 4.69) is 47.1 Å². The Morgan fingerprint density at radius 3 is 2.74 bits per heavy atom. The van der Waals surface area contributed by atoms with Gasteiger partial charge in [-0.3, -0.25) is 4.79 Å². The zero-order chi connectivity index (χ0) is 18.6. The van der Waals surface area contributed by atoms with Crippen LogP contribution >= 0.6 is 0 Å². The van der Waals surface area contributed by atoms with Gasteiger partial charge in [0.15, 0.2) is 0 Å². The lowest BCUT2D eigenvalue weighted by atomic mass is 10.2. The van der Waals surface area contributed by atoms with E-state index in [4.69, 9.17) is 4.98 Å². The van der Waals surface area contributed by atoms with Crippen molar-refractivity contribution in [1.29, 1.82) is 0 Å². The summed E-state index contributed by atoms with van der Waals surface area (Å²) in [6.07, 6.45) is 6.89. The smallest absolute Gasteiger partial charge is 0.222 e. The summed E-state index contributed by atoms with van der Waals surface area (Å²) in [7, 11) is 0. The molecule has 0 saturated carbocycles. The lowest BCUT2D eigenvalue weighted by Gasteiger charge is -2.24. The Balaban J connectivity index is 1.69. The number of imidazole rings is 1. The summed E-state index contributed by atoms with van der Waals surface area (Å²) in [5.74, 6) is 1.23. The Morgan fingerprint density at radius 1 is 1.15 bits per heavy atom. The summed E-state index contributed by atoms with van der Waals surface area (Å²) in [6, 6.07) is 18.6. The molecule has 2 heterocycles. The molecule has 0 spiro atoms. The topological polar surface area (TPSA) is 38.1 Å². The number of hydrogen-bond donors (Lipinski definition) is 0. The minimum atomic E-state index is 0.0787. The zero-order valence-corrected chi connectivity index (χ0v) is 15.7. The predicted octanol–water partition coefficient (Wildman–Crippen LogP) is 4.82. The van der Waals surface area contributed by atoms with Gasteiger partial charge in [0.05, 0.1) is 17.1 Å². The number of carbonyl (C=O) groups is 1. The summed E-state index contributed by atoms with van der Waals surface area (Å²) in [6.45, 7) is 3.51. The number of nitrogens with zero attached hydrogens (tertiary/aromatic N) is 3. The van der Waals surface area contributed by atoms with Crippen LogP contribution in [0.1, 0.15) is 43.6 Å². The van der Waals surface area contributed by atoms with Crippen LogP contribution in [-0.2, 0) is 11.3 Å². The van der Waals surface area contributed by atoms with Crippen LogP contribution in [0.3, 0.4) is 0 Å². The van der Waals surface area contributed by atoms with Gasteiger partial charge in [0.1, 0.15) is 5.82 Å². The van der Waals surface area contributed by atoms with E-state index in [1.165, 1.54) is 5.56 Å². The molecule has 1 aliphatic heterocycles. The van der Waals surface area contributed by atoms with Gasteiger partial charge in [-0.25, -0.2) is 4.98 Å². The second kappa shape index (κ2) is 7.78. The van der Waals surface area contributed by atoms with Crippen LogP contribution < -0.4 is 0 Å². The number of fused-ring (bicyclic) bond motifs is 1. The van der Waals surface area contributed by atoms with Crippen LogP contribution in [0, 0.1) is 0 Å². The molecule has 0 aliphatic carbocycles. The van der Waals surface area contributed by atoms with Gasteiger partial charge in [0.2, 0.25) is 5.91 Å². The quantitative estimate of drug-likeness (QED) is 0.655. The van der Waals surface area contributed by atoms with Gasteiger partial charge in [-0.1, -0.05) is 61.5 Å². The third-order valence-electron chi connectivity index (χ3n) is 5.26. The Morgan fingerprint density at radius 2 is 1.93 bits per heavy atom. The van der Waals surface area contributed by atoms with Crippen LogP contribution in [-0.4, -0.2) is 26.9 Å². The van der Waals surface area contributed by atoms with E-state index >= 15 is 0 Å². The number of allylic oxidation sites excluding steroid dienone is 1. The van der Waals surface area contributed by atoms with Gasteiger partial charge in [0, 0.05) is 19.5 Å². The molecule has 2 aromatic carbocycles. The van der Waals surface area contributed by atoms with E-state index in [1.54, 1.807) is 0 Å². The highest BCUT2D eigenvalue weighted by molar-refractivity contribution is 5.78. The van der Waals surface area contributed by atoms with E-state index < -0.39 is 0 Å². The summed E-state index contributed by atoms with van der Waals surface area (Å²) >= 11 is 0. The van der Waals surface area contributed by atoms with E-state index in [0.717, 1.165) is 42.8 Å². The molecule has 1 aromatic heterocycles. The number of rotatable bonds is 5. The van der Waals surface area contributed by atoms with Gasteiger partial charge < -0.3 is 9.47 Å². The molecule has 0 bridgehead atoms. The maximum Gasteiger partial charge on any atom is 0.222 e. The van der Waals surface area contributed by atoms with Crippen molar-refractivity contribution in [2.75, 3.05) is 6.54 Å². The summed E-state index contributed by atoms with van der Waals surface area (Å²) in [5, 5.41) is 0. The van der Waals surface area contributed by atoms with Crippen LogP contribution in [0.25, 0.3) is 17.1 Å². The molecule has 1 atom stereocenters. The standard InChI is InChI=1S/C23H25N3O/c1-2-22(27)25-16-9-15-21(25)23-24-19-13-6-7-14-20(19)26(23)17-8-12-18-10-4-3-5-11-18/h3-8,10-14,21H,2,9,15-17H2,1H3/b12-8+/t21-/m1/s1. The molecule has 1 amide bonds. The summed E-state index contributed by atoms with van der Waals surface area (Å²) in [4.78, 5) is 19.3. The molecular formula is C23H25N3O.